The Labute approximate surface area is 450 Å². The summed E-state index contributed by atoms with van der Waals surface area (Å²) in [5.41, 5.74) is 17.0. The standard InChI is InChI=1S/C73H82N2/c1-67(2,3)47-27-35-51(36-28-47)74(52-37-29-48(30-38-52)68(4,5)6)55-43-44-60-61(45-55)56-23-19-21-25-58(56)65-64-59-26-22-20-24-57(59)63(46-62(64)73(66(60)65,71(13,14)15)72(16,17)18)75(53-39-31-49(32-40-53)69(7,8)9)54-41-33-50(34-42-54)70(10,11)12/h19-46H,1-18H3. The third-order valence-corrected chi connectivity index (χ3v) is 16.8. The van der Waals surface area contributed by atoms with Crippen molar-refractivity contribution < 1.29 is 0 Å². The van der Waals surface area contributed by atoms with Crippen LogP contribution in [0.4, 0.5) is 34.1 Å². The second-order valence-corrected chi connectivity index (χ2v) is 28.0. The van der Waals surface area contributed by atoms with Gasteiger partial charge in [0.25, 0.3) is 0 Å². The lowest BCUT2D eigenvalue weighted by Gasteiger charge is -2.53. The molecule has 0 unspecified atom stereocenters. The average molecular weight is 987 g/mol. The molecule has 9 aromatic rings. The Morgan fingerprint density at radius 2 is 0.613 bits per heavy atom. The SMILES string of the molecule is CC(C)(C)c1ccc(N(c2ccc(C(C)(C)C)cc2)c2ccc3c4c(c5ccccc5c3c2)-c2c(cc(N(c3ccc(C(C)(C)C)cc3)c3ccc(C(C)(C)C)cc3)c3ccccc23)C4(C(C)(C)C)C(C)(C)C)cc1. The summed E-state index contributed by atoms with van der Waals surface area (Å²) < 4.78 is 0. The fourth-order valence-electron chi connectivity index (χ4n) is 13.2. The van der Waals surface area contributed by atoms with Gasteiger partial charge in [-0.15, -0.1) is 0 Å². The summed E-state index contributed by atoms with van der Waals surface area (Å²) in [6.45, 7) is 42.6. The van der Waals surface area contributed by atoms with E-state index >= 15 is 0 Å². The van der Waals surface area contributed by atoms with E-state index in [2.05, 4.69) is 304 Å². The van der Waals surface area contributed by atoms with Crippen LogP contribution < -0.4 is 9.80 Å². The van der Waals surface area contributed by atoms with Crippen molar-refractivity contribution in [3.8, 4) is 11.1 Å². The molecule has 0 radical (unpaired) electrons. The van der Waals surface area contributed by atoms with E-state index in [9.17, 15) is 0 Å². The first-order chi connectivity index (χ1) is 35.0. The smallest absolute Gasteiger partial charge is 0.0543 e. The van der Waals surface area contributed by atoms with Crippen molar-refractivity contribution in [3.63, 3.8) is 0 Å². The number of benzene rings is 9. The monoisotopic (exact) mass is 987 g/mol. The van der Waals surface area contributed by atoms with Crippen LogP contribution in [0.2, 0.25) is 0 Å². The zero-order valence-electron chi connectivity index (χ0n) is 48.6. The Morgan fingerprint density at radius 3 is 0.987 bits per heavy atom. The minimum atomic E-state index is -0.448. The number of anilines is 6. The molecule has 384 valence electrons. The van der Waals surface area contributed by atoms with Gasteiger partial charge in [0, 0.05) is 39.2 Å². The zero-order chi connectivity index (χ0) is 54.0. The second kappa shape index (κ2) is 17.7. The normalized spacial score (nSPS) is 14.1. The van der Waals surface area contributed by atoms with E-state index in [0.717, 1.165) is 28.4 Å². The number of hydrogen-bond acceptors (Lipinski definition) is 2. The van der Waals surface area contributed by atoms with Crippen LogP contribution in [-0.4, -0.2) is 0 Å². The summed E-state index contributed by atoms with van der Waals surface area (Å²) in [7, 11) is 0. The maximum atomic E-state index is 2.63. The van der Waals surface area contributed by atoms with Crippen LogP contribution in [0.1, 0.15) is 158 Å². The highest BCUT2D eigenvalue weighted by Crippen LogP contribution is 2.69. The quantitative estimate of drug-likeness (QED) is 0.153. The highest BCUT2D eigenvalue weighted by Gasteiger charge is 2.59. The molecule has 2 nitrogen and oxygen atoms in total. The Balaban J connectivity index is 1.29. The maximum absolute atomic E-state index is 2.63. The van der Waals surface area contributed by atoms with Gasteiger partial charge in [-0.05, 0) is 171 Å². The number of nitrogens with zero attached hydrogens (tertiary/aromatic N) is 2. The number of hydrogen-bond donors (Lipinski definition) is 0. The first kappa shape index (κ1) is 51.8. The second-order valence-electron chi connectivity index (χ2n) is 28.0. The average Bonchev–Trinajstić information content (AvgIpc) is 3.86. The predicted octanol–water partition coefficient (Wildman–Crippen LogP) is 21.6. The minimum Gasteiger partial charge on any atom is -0.310 e. The molecule has 0 atom stereocenters. The van der Waals surface area contributed by atoms with Gasteiger partial charge in [-0.25, -0.2) is 0 Å². The Morgan fingerprint density at radius 1 is 0.280 bits per heavy atom. The van der Waals surface area contributed by atoms with Crippen LogP contribution in [0, 0.1) is 10.8 Å². The largest absolute Gasteiger partial charge is 0.310 e. The van der Waals surface area contributed by atoms with E-state index in [4.69, 9.17) is 0 Å². The third kappa shape index (κ3) is 8.65. The van der Waals surface area contributed by atoms with Gasteiger partial charge in [0.15, 0.2) is 0 Å². The first-order valence-corrected chi connectivity index (χ1v) is 27.6. The summed E-state index contributed by atoms with van der Waals surface area (Å²) >= 11 is 0. The minimum absolute atomic E-state index is 0.0305. The van der Waals surface area contributed by atoms with Gasteiger partial charge in [-0.1, -0.05) is 228 Å². The van der Waals surface area contributed by atoms with Gasteiger partial charge in [-0.2, -0.15) is 0 Å². The topological polar surface area (TPSA) is 6.48 Å². The van der Waals surface area contributed by atoms with Gasteiger partial charge in [0.05, 0.1) is 5.69 Å². The van der Waals surface area contributed by atoms with Crippen molar-refractivity contribution in [2.75, 3.05) is 9.80 Å². The van der Waals surface area contributed by atoms with Crippen LogP contribution in [0.15, 0.2) is 170 Å². The van der Waals surface area contributed by atoms with E-state index < -0.39 is 5.41 Å². The molecule has 0 aromatic heterocycles. The van der Waals surface area contributed by atoms with E-state index in [1.54, 1.807) is 0 Å². The van der Waals surface area contributed by atoms with Crippen LogP contribution in [-0.2, 0) is 27.1 Å². The maximum Gasteiger partial charge on any atom is 0.0543 e. The van der Waals surface area contributed by atoms with Gasteiger partial charge >= 0.3 is 0 Å². The molecular weight excluding hydrogens is 905 g/mol. The Kier molecular flexibility index (Phi) is 12.2. The fourth-order valence-corrected chi connectivity index (χ4v) is 13.2. The molecule has 2 heteroatoms. The molecule has 0 amide bonds. The van der Waals surface area contributed by atoms with E-state index in [1.807, 2.05) is 0 Å². The molecule has 0 bridgehead atoms. The van der Waals surface area contributed by atoms with Gasteiger partial charge < -0.3 is 9.80 Å². The Hall–Kier alpha value is -6.64. The van der Waals surface area contributed by atoms with E-state index in [-0.39, 0.29) is 32.5 Å². The summed E-state index contributed by atoms with van der Waals surface area (Å²) in [5.74, 6) is 0. The number of rotatable bonds is 6. The Bertz CT molecular complexity index is 3470. The summed E-state index contributed by atoms with van der Waals surface area (Å²) in [6, 6.07) is 65.8. The molecule has 0 fully saturated rings. The predicted molar refractivity (Wildman–Crippen MR) is 328 cm³/mol. The first-order valence-electron chi connectivity index (χ1n) is 27.6. The van der Waals surface area contributed by atoms with Gasteiger partial charge in [0.2, 0.25) is 0 Å². The molecule has 0 heterocycles. The highest BCUT2D eigenvalue weighted by molar-refractivity contribution is 6.23. The molecule has 9 aromatic carbocycles. The van der Waals surface area contributed by atoms with Gasteiger partial charge in [0.1, 0.15) is 0 Å². The molecule has 0 saturated carbocycles. The molecular formula is C73H82N2. The molecule has 1 aliphatic rings. The number of fused-ring (bicyclic) bond motifs is 10. The van der Waals surface area contributed by atoms with Crippen LogP contribution >= 0.6 is 0 Å². The van der Waals surface area contributed by atoms with Crippen molar-refractivity contribution in [3.05, 3.63) is 203 Å². The molecule has 1 aliphatic carbocycles. The lowest BCUT2D eigenvalue weighted by molar-refractivity contribution is 0.0965. The summed E-state index contributed by atoms with van der Waals surface area (Å²) in [5, 5.41) is 7.70. The van der Waals surface area contributed by atoms with E-state index in [0.29, 0.717) is 0 Å². The molecule has 75 heavy (non-hydrogen) atoms. The summed E-state index contributed by atoms with van der Waals surface area (Å²) in [6.07, 6.45) is 0. The lowest BCUT2D eigenvalue weighted by Crippen LogP contribution is -2.50. The molecule has 0 saturated heterocycles. The molecule has 10 rings (SSSR count). The van der Waals surface area contributed by atoms with Crippen LogP contribution in [0.3, 0.4) is 0 Å². The van der Waals surface area contributed by atoms with Crippen LogP contribution in [0.25, 0.3) is 43.4 Å². The highest BCUT2D eigenvalue weighted by atomic mass is 15.1. The van der Waals surface area contributed by atoms with Crippen molar-refractivity contribution in [1.29, 1.82) is 0 Å². The fraction of sp³-hybridized carbons (Fsp3) is 0.342. The molecule has 0 aliphatic heterocycles. The molecule has 0 N–H and O–H groups in total. The van der Waals surface area contributed by atoms with Crippen molar-refractivity contribution in [1.82, 2.24) is 0 Å². The zero-order valence-corrected chi connectivity index (χ0v) is 48.6. The van der Waals surface area contributed by atoms with Gasteiger partial charge in [-0.3, -0.25) is 0 Å². The van der Waals surface area contributed by atoms with Crippen LogP contribution in [0.5, 0.6) is 0 Å². The van der Waals surface area contributed by atoms with Crippen molar-refractivity contribution >= 4 is 66.4 Å². The lowest BCUT2D eigenvalue weighted by atomic mass is 9.49. The van der Waals surface area contributed by atoms with E-state index in [1.165, 1.54) is 82.5 Å². The van der Waals surface area contributed by atoms with Crippen molar-refractivity contribution in [2.24, 2.45) is 10.8 Å². The molecule has 0 spiro atoms. The van der Waals surface area contributed by atoms with Crippen molar-refractivity contribution in [2.45, 2.75) is 152 Å². The summed E-state index contributed by atoms with van der Waals surface area (Å²) in [4.78, 5) is 5.01. The third-order valence-electron chi connectivity index (χ3n) is 16.8.